The number of carbonyl (C=O) groups excluding carboxylic acids is 1. The number of hydrogen-bond donors (Lipinski definition) is 0. The van der Waals surface area contributed by atoms with E-state index in [0.717, 1.165) is 5.08 Å². The van der Waals surface area contributed by atoms with Crippen molar-refractivity contribution in [3.8, 4) is 0 Å². The molecule has 0 aliphatic carbocycles. The van der Waals surface area contributed by atoms with E-state index in [1.54, 1.807) is 30.4 Å². The van der Waals surface area contributed by atoms with Gasteiger partial charge in [-0.05, 0) is 12.5 Å². The highest BCUT2D eigenvalue weighted by atomic mass is 32.2. The van der Waals surface area contributed by atoms with Crippen molar-refractivity contribution < 1.29 is 13.9 Å². The van der Waals surface area contributed by atoms with Gasteiger partial charge in [-0.2, -0.15) is 4.39 Å². The van der Waals surface area contributed by atoms with Crippen molar-refractivity contribution in [1.82, 2.24) is 0 Å². The maximum absolute atomic E-state index is 13.2. The van der Waals surface area contributed by atoms with Gasteiger partial charge in [-0.3, -0.25) is 0 Å². The molecule has 1 aliphatic heterocycles. The van der Waals surface area contributed by atoms with Gasteiger partial charge in [0.1, 0.15) is 0 Å². The van der Waals surface area contributed by atoms with Crippen LogP contribution in [-0.2, 0) is 9.53 Å². The maximum Gasteiger partial charge on any atom is 0.367 e. The third-order valence-corrected chi connectivity index (χ3v) is 3.92. The molecule has 0 aromatic carbocycles. The molecular formula is C8H11FO2S2. The van der Waals surface area contributed by atoms with Crippen molar-refractivity contribution >= 4 is 29.5 Å². The maximum atomic E-state index is 13.2. The zero-order chi connectivity index (χ0) is 9.68. The molecule has 2 nitrogen and oxygen atoms in total. The lowest BCUT2D eigenvalue weighted by Crippen LogP contribution is -2.11. The fourth-order valence-electron chi connectivity index (χ4n) is 0.896. The first-order valence-corrected chi connectivity index (χ1v) is 6.26. The second-order valence-corrected chi connectivity index (χ2v) is 4.79. The fraction of sp³-hybridized carbons (Fsp3) is 0.625. The van der Waals surface area contributed by atoms with Crippen LogP contribution in [0.2, 0.25) is 0 Å². The first-order chi connectivity index (χ1) is 6.25. The monoisotopic (exact) mass is 222 g/mol. The van der Waals surface area contributed by atoms with Gasteiger partial charge in [-0.1, -0.05) is 0 Å². The highest BCUT2D eigenvalue weighted by Crippen LogP contribution is 2.27. The quantitative estimate of drug-likeness (QED) is 0.528. The van der Waals surface area contributed by atoms with E-state index in [1.807, 2.05) is 0 Å². The van der Waals surface area contributed by atoms with Gasteiger partial charge in [0, 0.05) is 16.6 Å². The summed E-state index contributed by atoms with van der Waals surface area (Å²) in [6.45, 7) is 1.89. The molecule has 5 heteroatoms. The molecule has 0 N–H and O–H groups in total. The van der Waals surface area contributed by atoms with Crippen molar-refractivity contribution in [2.75, 3.05) is 23.2 Å². The third kappa shape index (κ3) is 3.23. The van der Waals surface area contributed by atoms with Crippen LogP contribution in [0.3, 0.4) is 0 Å². The molecule has 13 heavy (non-hydrogen) atoms. The molecule has 1 aliphatic rings. The number of halogens is 1. The molecule has 0 aromatic rings. The van der Waals surface area contributed by atoms with Gasteiger partial charge in [0.05, 0.1) is 6.61 Å². The topological polar surface area (TPSA) is 26.3 Å². The summed E-state index contributed by atoms with van der Waals surface area (Å²) in [6, 6.07) is 0. The Hall–Kier alpha value is -0.160. The fourth-order valence-corrected chi connectivity index (χ4v) is 3.11. The average molecular weight is 222 g/mol. The number of carbonyl (C=O) groups is 1. The van der Waals surface area contributed by atoms with Crippen LogP contribution in [0.4, 0.5) is 4.39 Å². The van der Waals surface area contributed by atoms with E-state index in [2.05, 4.69) is 4.74 Å². The van der Waals surface area contributed by atoms with E-state index in [0.29, 0.717) is 17.1 Å². The Morgan fingerprint density at radius 3 is 2.69 bits per heavy atom. The van der Waals surface area contributed by atoms with Crippen molar-refractivity contribution in [2.45, 2.75) is 6.92 Å². The molecule has 1 rings (SSSR count). The number of thioether (sulfide) groups is 2. The van der Waals surface area contributed by atoms with Gasteiger partial charge < -0.3 is 4.74 Å². The third-order valence-electron chi connectivity index (χ3n) is 1.48. The predicted octanol–water partition coefficient (Wildman–Crippen LogP) is 2.21. The second kappa shape index (κ2) is 5.54. The van der Waals surface area contributed by atoms with Gasteiger partial charge in [-0.25, -0.2) is 4.79 Å². The largest absolute Gasteiger partial charge is 0.461 e. The Kier molecular flexibility index (Phi) is 4.66. The highest BCUT2D eigenvalue weighted by Gasteiger charge is 2.18. The minimum atomic E-state index is -0.819. The lowest BCUT2D eigenvalue weighted by atomic mass is 10.3. The molecular weight excluding hydrogens is 211 g/mol. The van der Waals surface area contributed by atoms with Crippen LogP contribution in [0.5, 0.6) is 0 Å². The summed E-state index contributed by atoms with van der Waals surface area (Å²) >= 11 is 3.25. The molecule has 1 heterocycles. The lowest BCUT2D eigenvalue weighted by Gasteiger charge is -2.13. The summed E-state index contributed by atoms with van der Waals surface area (Å²) in [6.07, 6.45) is 0. The van der Waals surface area contributed by atoms with Crippen molar-refractivity contribution in [3.05, 3.63) is 11.4 Å². The van der Waals surface area contributed by atoms with Crippen molar-refractivity contribution in [1.29, 1.82) is 0 Å². The normalized spacial score (nSPS) is 16.9. The van der Waals surface area contributed by atoms with Crippen LogP contribution in [-0.4, -0.2) is 29.2 Å². The molecule has 1 saturated heterocycles. The van der Waals surface area contributed by atoms with Gasteiger partial charge in [0.15, 0.2) is 0 Å². The molecule has 0 saturated carbocycles. The van der Waals surface area contributed by atoms with E-state index in [-0.39, 0.29) is 6.61 Å². The van der Waals surface area contributed by atoms with Gasteiger partial charge in [0.25, 0.3) is 0 Å². The first kappa shape index (κ1) is 10.9. The number of ether oxygens (including phenoxy) is 1. The van der Waals surface area contributed by atoms with Crippen LogP contribution in [0.25, 0.3) is 0 Å². The molecule has 0 aromatic heterocycles. The summed E-state index contributed by atoms with van der Waals surface area (Å²) in [5, 5.41) is 0.972. The molecule has 0 unspecified atom stereocenters. The van der Waals surface area contributed by atoms with E-state index in [4.69, 9.17) is 0 Å². The predicted molar refractivity (Wildman–Crippen MR) is 54.6 cm³/mol. The summed E-state index contributed by atoms with van der Waals surface area (Å²) < 4.78 is 17.8. The summed E-state index contributed by atoms with van der Waals surface area (Å²) in [4.78, 5) is 11.0. The molecule has 0 spiro atoms. The minimum absolute atomic E-state index is 0.222. The lowest BCUT2D eigenvalue weighted by molar-refractivity contribution is -0.140. The SMILES string of the molecule is CCOC(=O)C(F)=C1CSCSC1. The molecule has 0 atom stereocenters. The second-order valence-electron chi connectivity index (χ2n) is 2.45. The molecule has 74 valence electrons. The van der Waals surface area contributed by atoms with Crippen molar-refractivity contribution in [2.24, 2.45) is 0 Å². The van der Waals surface area contributed by atoms with Crippen LogP contribution >= 0.6 is 23.5 Å². The Morgan fingerprint density at radius 2 is 2.15 bits per heavy atom. The van der Waals surface area contributed by atoms with Crippen LogP contribution < -0.4 is 0 Å². The van der Waals surface area contributed by atoms with E-state index in [9.17, 15) is 9.18 Å². The smallest absolute Gasteiger partial charge is 0.367 e. The van der Waals surface area contributed by atoms with Crippen LogP contribution in [0, 0.1) is 0 Å². The standard InChI is InChI=1S/C8H11FO2S2/c1-2-11-8(10)7(9)6-3-12-5-13-4-6/h2-5H2,1H3. The highest BCUT2D eigenvalue weighted by molar-refractivity contribution is 8.16. The zero-order valence-electron chi connectivity index (χ0n) is 7.34. The van der Waals surface area contributed by atoms with Crippen LogP contribution in [0.15, 0.2) is 11.4 Å². The van der Waals surface area contributed by atoms with Gasteiger partial charge >= 0.3 is 5.97 Å². The number of rotatable bonds is 2. The Bertz CT molecular complexity index is 220. The molecule has 0 amide bonds. The molecule has 0 bridgehead atoms. The summed E-state index contributed by atoms with van der Waals surface area (Å²) in [7, 11) is 0. The van der Waals surface area contributed by atoms with E-state index >= 15 is 0 Å². The summed E-state index contributed by atoms with van der Waals surface area (Å²) in [5.41, 5.74) is 0.569. The van der Waals surface area contributed by atoms with Gasteiger partial charge in [0.2, 0.25) is 5.83 Å². The number of esters is 1. The Labute approximate surface area is 85.3 Å². The van der Waals surface area contributed by atoms with Crippen molar-refractivity contribution in [3.63, 3.8) is 0 Å². The molecule has 0 radical (unpaired) electrons. The van der Waals surface area contributed by atoms with E-state index in [1.165, 1.54) is 0 Å². The van der Waals surface area contributed by atoms with Crippen LogP contribution in [0.1, 0.15) is 6.92 Å². The summed E-state index contributed by atoms with van der Waals surface area (Å²) in [5.74, 6) is -0.294. The zero-order valence-corrected chi connectivity index (χ0v) is 8.97. The average Bonchev–Trinajstić information content (AvgIpc) is 2.18. The number of hydrogen-bond acceptors (Lipinski definition) is 4. The first-order valence-electron chi connectivity index (χ1n) is 3.95. The minimum Gasteiger partial charge on any atom is -0.461 e. The Morgan fingerprint density at radius 1 is 1.54 bits per heavy atom. The molecule has 1 fully saturated rings. The Balaban J connectivity index is 2.60. The van der Waals surface area contributed by atoms with E-state index < -0.39 is 11.8 Å². The van der Waals surface area contributed by atoms with Gasteiger partial charge in [-0.15, -0.1) is 23.5 Å².